The minimum Gasteiger partial charge on any atom is -0.384 e. The maximum absolute atomic E-state index is 10.8. The Hall–Kier alpha value is -1.12. The van der Waals surface area contributed by atoms with Gasteiger partial charge in [0.05, 0.1) is 0 Å². The van der Waals surface area contributed by atoms with Gasteiger partial charge in [0.15, 0.2) is 0 Å². The highest BCUT2D eigenvalue weighted by molar-refractivity contribution is 5.23. The van der Waals surface area contributed by atoms with E-state index in [-0.39, 0.29) is 0 Å². The van der Waals surface area contributed by atoms with E-state index in [9.17, 15) is 5.11 Å². The number of aliphatic hydroxyl groups is 1. The Labute approximate surface area is 103 Å². The molecule has 1 aromatic rings. The Morgan fingerprint density at radius 1 is 1.06 bits per heavy atom. The molecule has 92 valence electrons. The lowest BCUT2D eigenvalue weighted by Gasteiger charge is -2.28. The molecule has 0 saturated carbocycles. The van der Waals surface area contributed by atoms with Gasteiger partial charge in [-0.3, -0.25) is 0 Å². The van der Waals surface area contributed by atoms with Crippen LogP contribution < -0.4 is 5.32 Å². The summed E-state index contributed by atoms with van der Waals surface area (Å²) in [6, 6.07) is 9.95. The second kappa shape index (κ2) is 5.99. The fraction of sp³-hybridized carbons (Fsp3) is 0.467. The van der Waals surface area contributed by atoms with Crippen molar-refractivity contribution in [3.05, 3.63) is 48.0 Å². The SMILES string of the molecule is OC1(c2ccccc2)C/C=C/CCCCNC1. The van der Waals surface area contributed by atoms with E-state index in [2.05, 4.69) is 17.5 Å². The van der Waals surface area contributed by atoms with Crippen molar-refractivity contribution >= 4 is 0 Å². The van der Waals surface area contributed by atoms with Gasteiger partial charge in [-0.15, -0.1) is 0 Å². The molecule has 0 amide bonds. The van der Waals surface area contributed by atoms with E-state index in [1.807, 2.05) is 30.3 Å². The number of allylic oxidation sites excluding steroid dienone is 1. The van der Waals surface area contributed by atoms with Crippen molar-refractivity contribution in [2.24, 2.45) is 0 Å². The number of hydrogen-bond donors (Lipinski definition) is 2. The molecule has 2 nitrogen and oxygen atoms in total. The summed E-state index contributed by atoms with van der Waals surface area (Å²) >= 11 is 0. The van der Waals surface area contributed by atoms with Crippen molar-refractivity contribution in [2.45, 2.75) is 31.3 Å². The van der Waals surface area contributed by atoms with Crippen molar-refractivity contribution < 1.29 is 5.11 Å². The summed E-state index contributed by atoms with van der Waals surface area (Å²) in [5, 5.41) is 14.1. The van der Waals surface area contributed by atoms with Gasteiger partial charge >= 0.3 is 0 Å². The molecule has 0 radical (unpaired) electrons. The zero-order chi connectivity index (χ0) is 12.0. The van der Waals surface area contributed by atoms with Crippen LogP contribution in [0.3, 0.4) is 0 Å². The van der Waals surface area contributed by atoms with Crippen LogP contribution >= 0.6 is 0 Å². The Morgan fingerprint density at radius 3 is 2.71 bits per heavy atom. The van der Waals surface area contributed by atoms with Gasteiger partial charge in [-0.05, 0) is 37.8 Å². The van der Waals surface area contributed by atoms with Gasteiger partial charge in [0.1, 0.15) is 5.60 Å². The predicted octanol–water partition coefficient (Wildman–Crippen LogP) is 2.59. The number of benzene rings is 1. The molecular weight excluding hydrogens is 210 g/mol. The summed E-state index contributed by atoms with van der Waals surface area (Å²) in [4.78, 5) is 0. The molecule has 1 aliphatic rings. The highest BCUT2D eigenvalue weighted by Crippen LogP contribution is 2.25. The lowest BCUT2D eigenvalue weighted by Crippen LogP contribution is -2.38. The molecular formula is C15H21NO. The second-order valence-electron chi connectivity index (χ2n) is 4.75. The van der Waals surface area contributed by atoms with Crippen molar-refractivity contribution in [2.75, 3.05) is 13.1 Å². The van der Waals surface area contributed by atoms with Gasteiger partial charge in [-0.1, -0.05) is 42.5 Å². The fourth-order valence-corrected chi connectivity index (χ4v) is 2.24. The number of hydrogen-bond acceptors (Lipinski definition) is 2. The third-order valence-corrected chi connectivity index (χ3v) is 3.33. The summed E-state index contributed by atoms with van der Waals surface area (Å²) in [6.45, 7) is 1.62. The molecule has 0 fully saturated rings. The molecule has 0 saturated heterocycles. The van der Waals surface area contributed by atoms with Gasteiger partial charge in [0, 0.05) is 6.54 Å². The highest BCUT2D eigenvalue weighted by Gasteiger charge is 2.27. The van der Waals surface area contributed by atoms with E-state index in [1.54, 1.807) is 0 Å². The number of rotatable bonds is 1. The summed E-state index contributed by atoms with van der Waals surface area (Å²) in [6.07, 6.45) is 8.51. The Kier molecular flexibility index (Phi) is 4.35. The monoisotopic (exact) mass is 231 g/mol. The first-order valence-electron chi connectivity index (χ1n) is 6.45. The van der Waals surface area contributed by atoms with Crippen LogP contribution in [0.2, 0.25) is 0 Å². The van der Waals surface area contributed by atoms with Gasteiger partial charge in [0.2, 0.25) is 0 Å². The van der Waals surface area contributed by atoms with E-state index in [0.717, 1.165) is 18.5 Å². The van der Waals surface area contributed by atoms with E-state index in [4.69, 9.17) is 0 Å². The molecule has 2 N–H and O–H groups in total. The molecule has 0 aliphatic carbocycles. The number of nitrogens with one attached hydrogen (secondary N) is 1. The van der Waals surface area contributed by atoms with Crippen LogP contribution in [0.25, 0.3) is 0 Å². The molecule has 2 heteroatoms. The summed E-state index contributed by atoms with van der Waals surface area (Å²) in [5.41, 5.74) is 0.229. The minimum absolute atomic E-state index is 0.626. The van der Waals surface area contributed by atoms with Crippen LogP contribution in [-0.4, -0.2) is 18.2 Å². The molecule has 0 aromatic heterocycles. The largest absolute Gasteiger partial charge is 0.384 e. The standard InChI is InChI=1S/C15H21NO/c17-15(14-9-5-4-6-10-14)11-7-2-1-3-8-12-16-13-15/h2,4-7,9-10,16-17H,1,3,8,11-13H2/b7-2+. The van der Waals surface area contributed by atoms with Gasteiger partial charge in [0.25, 0.3) is 0 Å². The topological polar surface area (TPSA) is 32.3 Å². The Balaban J connectivity index is 2.16. The van der Waals surface area contributed by atoms with E-state index in [1.165, 1.54) is 12.8 Å². The summed E-state index contributed by atoms with van der Waals surface area (Å²) in [7, 11) is 0. The second-order valence-corrected chi connectivity index (χ2v) is 4.75. The maximum atomic E-state index is 10.8. The molecule has 0 spiro atoms. The quantitative estimate of drug-likeness (QED) is 0.728. The predicted molar refractivity (Wildman–Crippen MR) is 70.8 cm³/mol. The van der Waals surface area contributed by atoms with Gasteiger partial charge < -0.3 is 10.4 Å². The fourth-order valence-electron chi connectivity index (χ4n) is 2.24. The van der Waals surface area contributed by atoms with Crippen molar-refractivity contribution in [3.63, 3.8) is 0 Å². The normalized spacial score (nSPS) is 28.5. The Morgan fingerprint density at radius 2 is 1.88 bits per heavy atom. The Bertz CT molecular complexity index is 360. The average Bonchev–Trinajstić information content (AvgIpc) is 2.38. The third-order valence-electron chi connectivity index (χ3n) is 3.33. The van der Waals surface area contributed by atoms with Crippen LogP contribution in [0.5, 0.6) is 0 Å². The minimum atomic E-state index is -0.769. The summed E-state index contributed by atoms with van der Waals surface area (Å²) in [5.74, 6) is 0. The summed E-state index contributed by atoms with van der Waals surface area (Å²) < 4.78 is 0. The van der Waals surface area contributed by atoms with E-state index >= 15 is 0 Å². The maximum Gasteiger partial charge on any atom is 0.105 e. The molecule has 1 atom stereocenters. The van der Waals surface area contributed by atoms with Crippen LogP contribution in [0.15, 0.2) is 42.5 Å². The zero-order valence-electron chi connectivity index (χ0n) is 10.2. The smallest absolute Gasteiger partial charge is 0.105 e. The third kappa shape index (κ3) is 3.42. The average molecular weight is 231 g/mol. The van der Waals surface area contributed by atoms with Crippen LogP contribution in [0.1, 0.15) is 31.2 Å². The van der Waals surface area contributed by atoms with Crippen LogP contribution in [-0.2, 0) is 5.60 Å². The van der Waals surface area contributed by atoms with Crippen LogP contribution in [0.4, 0.5) is 0 Å². The van der Waals surface area contributed by atoms with Crippen LogP contribution in [0, 0.1) is 0 Å². The van der Waals surface area contributed by atoms with Crippen molar-refractivity contribution in [1.29, 1.82) is 0 Å². The van der Waals surface area contributed by atoms with Crippen molar-refractivity contribution in [3.8, 4) is 0 Å². The molecule has 2 rings (SSSR count). The molecule has 1 aromatic carbocycles. The van der Waals surface area contributed by atoms with Crippen molar-refractivity contribution in [1.82, 2.24) is 5.32 Å². The first kappa shape index (κ1) is 12.3. The van der Waals surface area contributed by atoms with Gasteiger partial charge in [-0.2, -0.15) is 0 Å². The highest BCUT2D eigenvalue weighted by atomic mass is 16.3. The molecule has 1 aliphatic heterocycles. The molecule has 1 unspecified atom stereocenters. The first-order valence-corrected chi connectivity index (χ1v) is 6.45. The molecule has 0 bridgehead atoms. The van der Waals surface area contributed by atoms with E-state index in [0.29, 0.717) is 13.0 Å². The van der Waals surface area contributed by atoms with Gasteiger partial charge in [-0.25, -0.2) is 0 Å². The van der Waals surface area contributed by atoms with E-state index < -0.39 is 5.60 Å². The lowest BCUT2D eigenvalue weighted by molar-refractivity contribution is 0.0395. The zero-order valence-corrected chi connectivity index (χ0v) is 10.2. The molecule has 17 heavy (non-hydrogen) atoms. The first-order chi connectivity index (χ1) is 8.31. The lowest BCUT2D eigenvalue weighted by atomic mass is 9.89. The molecule has 1 heterocycles. The number of β-amino-alcohol motifs (C(OH)–C–C–N with tert-alkyl or cyclic N) is 1.